The number of benzene rings is 1. The van der Waals surface area contributed by atoms with E-state index in [0.29, 0.717) is 12.1 Å². The first-order chi connectivity index (χ1) is 7.38. The van der Waals surface area contributed by atoms with E-state index in [2.05, 4.69) is 0 Å². The molecule has 0 spiro atoms. The minimum absolute atomic E-state index is 0.265. The second kappa shape index (κ2) is 4.73. The molecule has 0 bridgehead atoms. The molecule has 0 saturated carbocycles. The SMILES string of the molecule is Nc1cc(S(=O)(=O)NCCO)c(F)cc1F. The highest BCUT2D eigenvalue weighted by molar-refractivity contribution is 7.89. The number of halogens is 2. The highest BCUT2D eigenvalue weighted by Crippen LogP contribution is 2.20. The number of hydrogen-bond donors (Lipinski definition) is 3. The molecule has 90 valence electrons. The predicted octanol–water partition coefficient (Wildman–Crippen LogP) is -0.182. The highest BCUT2D eigenvalue weighted by atomic mass is 32.2. The Labute approximate surface area is 90.9 Å². The Bertz CT molecular complexity index is 490. The molecule has 1 aromatic rings. The molecule has 1 aromatic carbocycles. The molecule has 0 atom stereocenters. The number of nitrogens with two attached hydrogens (primary N) is 1. The maximum atomic E-state index is 13.2. The van der Waals surface area contributed by atoms with Gasteiger partial charge in [0.1, 0.15) is 16.5 Å². The number of aliphatic hydroxyl groups is 1. The summed E-state index contributed by atoms with van der Waals surface area (Å²) in [5, 5.41) is 8.44. The van der Waals surface area contributed by atoms with E-state index in [1.165, 1.54) is 0 Å². The molecule has 0 radical (unpaired) electrons. The molecule has 0 aliphatic rings. The molecule has 0 heterocycles. The second-order valence-corrected chi connectivity index (χ2v) is 4.66. The summed E-state index contributed by atoms with van der Waals surface area (Å²) < 4.78 is 50.7. The Kier molecular flexibility index (Phi) is 3.79. The van der Waals surface area contributed by atoms with Gasteiger partial charge in [0.15, 0.2) is 0 Å². The van der Waals surface area contributed by atoms with Gasteiger partial charge in [0.25, 0.3) is 0 Å². The maximum Gasteiger partial charge on any atom is 0.243 e. The van der Waals surface area contributed by atoms with Crippen LogP contribution in [0.1, 0.15) is 0 Å². The minimum Gasteiger partial charge on any atom is -0.396 e. The lowest BCUT2D eigenvalue weighted by Crippen LogP contribution is -2.27. The minimum atomic E-state index is -4.12. The van der Waals surface area contributed by atoms with Crippen LogP contribution in [0.3, 0.4) is 0 Å². The van der Waals surface area contributed by atoms with E-state index in [1.54, 1.807) is 0 Å². The van der Waals surface area contributed by atoms with Crippen LogP contribution in [0, 0.1) is 11.6 Å². The van der Waals surface area contributed by atoms with Crippen LogP contribution < -0.4 is 10.5 Å². The van der Waals surface area contributed by atoms with Crippen LogP contribution in [0.4, 0.5) is 14.5 Å². The van der Waals surface area contributed by atoms with Crippen LogP contribution >= 0.6 is 0 Å². The van der Waals surface area contributed by atoms with Crippen molar-refractivity contribution in [3.8, 4) is 0 Å². The van der Waals surface area contributed by atoms with Crippen molar-refractivity contribution in [1.82, 2.24) is 4.72 Å². The Morgan fingerprint density at radius 2 is 1.94 bits per heavy atom. The number of aliphatic hydroxyl groups excluding tert-OH is 1. The van der Waals surface area contributed by atoms with Gasteiger partial charge in [-0.3, -0.25) is 0 Å². The van der Waals surface area contributed by atoms with Gasteiger partial charge in [0.05, 0.1) is 12.3 Å². The molecule has 8 heteroatoms. The lowest BCUT2D eigenvalue weighted by atomic mass is 10.3. The molecular formula is C8H10F2N2O3S. The fourth-order valence-corrected chi connectivity index (χ4v) is 2.12. The molecule has 0 aliphatic heterocycles. The standard InChI is InChI=1S/C8H10F2N2O3S/c9-5-3-6(10)8(4-7(5)11)16(14,15)12-1-2-13/h3-4,12-13H,1-2,11H2. The van der Waals surface area contributed by atoms with Crippen LogP contribution in [-0.2, 0) is 10.0 Å². The van der Waals surface area contributed by atoms with Gasteiger partial charge in [-0.05, 0) is 6.07 Å². The van der Waals surface area contributed by atoms with Gasteiger partial charge in [0, 0.05) is 12.6 Å². The van der Waals surface area contributed by atoms with Gasteiger partial charge < -0.3 is 10.8 Å². The van der Waals surface area contributed by atoms with Crippen molar-refractivity contribution in [3.05, 3.63) is 23.8 Å². The van der Waals surface area contributed by atoms with E-state index < -0.39 is 38.8 Å². The molecule has 0 aromatic heterocycles. The van der Waals surface area contributed by atoms with E-state index in [1.807, 2.05) is 4.72 Å². The summed E-state index contributed by atoms with van der Waals surface area (Å²) in [6.07, 6.45) is 0. The Morgan fingerprint density at radius 1 is 1.31 bits per heavy atom. The van der Waals surface area contributed by atoms with Crippen molar-refractivity contribution in [2.45, 2.75) is 4.90 Å². The average Bonchev–Trinajstić information content (AvgIpc) is 2.20. The molecule has 1 rings (SSSR count). The molecular weight excluding hydrogens is 242 g/mol. The Hall–Kier alpha value is -1.25. The fraction of sp³-hybridized carbons (Fsp3) is 0.250. The Balaban J connectivity index is 3.18. The largest absolute Gasteiger partial charge is 0.396 e. The monoisotopic (exact) mass is 252 g/mol. The van der Waals surface area contributed by atoms with Crippen molar-refractivity contribution < 1.29 is 22.3 Å². The van der Waals surface area contributed by atoms with Gasteiger partial charge >= 0.3 is 0 Å². The Morgan fingerprint density at radius 3 is 2.50 bits per heavy atom. The van der Waals surface area contributed by atoms with Crippen molar-refractivity contribution in [2.24, 2.45) is 0 Å². The van der Waals surface area contributed by atoms with E-state index in [4.69, 9.17) is 10.8 Å². The third-order valence-corrected chi connectivity index (χ3v) is 3.22. The third kappa shape index (κ3) is 2.65. The third-order valence-electron chi connectivity index (χ3n) is 1.74. The van der Waals surface area contributed by atoms with Crippen LogP contribution in [-0.4, -0.2) is 26.7 Å². The van der Waals surface area contributed by atoms with Gasteiger partial charge in [-0.1, -0.05) is 0 Å². The van der Waals surface area contributed by atoms with E-state index in [0.717, 1.165) is 0 Å². The number of nitrogens with one attached hydrogen (secondary N) is 1. The highest BCUT2D eigenvalue weighted by Gasteiger charge is 2.20. The fourth-order valence-electron chi connectivity index (χ4n) is 1.01. The summed E-state index contributed by atoms with van der Waals surface area (Å²) in [4.78, 5) is -0.750. The normalized spacial score (nSPS) is 11.7. The van der Waals surface area contributed by atoms with Crippen LogP contribution in [0.5, 0.6) is 0 Å². The van der Waals surface area contributed by atoms with Gasteiger partial charge in [-0.25, -0.2) is 21.9 Å². The van der Waals surface area contributed by atoms with Crippen molar-refractivity contribution in [2.75, 3.05) is 18.9 Å². The average molecular weight is 252 g/mol. The van der Waals surface area contributed by atoms with E-state index in [-0.39, 0.29) is 6.54 Å². The molecule has 0 unspecified atom stereocenters. The van der Waals surface area contributed by atoms with Crippen molar-refractivity contribution in [3.63, 3.8) is 0 Å². The number of sulfonamides is 1. The van der Waals surface area contributed by atoms with Gasteiger partial charge in [0.2, 0.25) is 10.0 Å². The molecule has 16 heavy (non-hydrogen) atoms. The van der Waals surface area contributed by atoms with E-state index >= 15 is 0 Å². The summed E-state index contributed by atoms with van der Waals surface area (Å²) in [7, 11) is -4.12. The number of anilines is 1. The molecule has 0 aliphatic carbocycles. The topological polar surface area (TPSA) is 92.4 Å². The number of hydrogen-bond acceptors (Lipinski definition) is 4. The van der Waals surface area contributed by atoms with Gasteiger partial charge in [-0.15, -0.1) is 0 Å². The maximum absolute atomic E-state index is 13.2. The molecule has 5 nitrogen and oxygen atoms in total. The van der Waals surface area contributed by atoms with Crippen molar-refractivity contribution >= 4 is 15.7 Å². The summed E-state index contributed by atoms with van der Waals surface area (Å²) in [6.45, 7) is -0.698. The van der Waals surface area contributed by atoms with E-state index in [9.17, 15) is 17.2 Å². The zero-order valence-corrected chi connectivity index (χ0v) is 8.89. The lowest BCUT2D eigenvalue weighted by molar-refractivity contribution is 0.301. The quantitative estimate of drug-likeness (QED) is 0.648. The summed E-state index contributed by atoms with van der Waals surface area (Å²) >= 11 is 0. The first-order valence-electron chi connectivity index (χ1n) is 4.23. The lowest BCUT2D eigenvalue weighted by Gasteiger charge is -2.07. The van der Waals surface area contributed by atoms with Gasteiger partial charge in [-0.2, -0.15) is 0 Å². The summed E-state index contributed by atoms with van der Waals surface area (Å²) in [5.41, 5.74) is 4.66. The zero-order valence-electron chi connectivity index (χ0n) is 8.07. The van der Waals surface area contributed by atoms with Crippen LogP contribution in [0.2, 0.25) is 0 Å². The molecule has 0 fully saturated rings. The zero-order chi connectivity index (χ0) is 12.3. The summed E-state index contributed by atoms with van der Waals surface area (Å²) in [5.74, 6) is -2.27. The number of rotatable bonds is 4. The first-order valence-corrected chi connectivity index (χ1v) is 5.72. The number of nitrogen functional groups attached to an aromatic ring is 1. The van der Waals surface area contributed by atoms with Crippen LogP contribution in [0.15, 0.2) is 17.0 Å². The molecule has 4 N–H and O–H groups in total. The predicted molar refractivity (Wildman–Crippen MR) is 53.0 cm³/mol. The smallest absolute Gasteiger partial charge is 0.243 e. The molecule has 0 saturated heterocycles. The summed E-state index contributed by atoms with van der Waals surface area (Å²) in [6, 6.07) is 1.08. The van der Waals surface area contributed by atoms with Crippen molar-refractivity contribution in [1.29, 1.82) is 0 Å². The second-order valence-electron chi connectivity index (χ2n) is 2.93. The first kappa shape index (κ1) is 12.8. The van der Waals surface area contributed by atoms with Crippen LogP contribution in [0.25, 0.3) is 0 Å². The molecule has 0 amide bonds.